The van der Waals surface area contributed by atoms with E-state index in [2.05, 4.69) is 27.6 Å². The van der Waals surface area contributed by atoms with Crippen molar-refractivity contribution in [2.45, 2.75) is 0 Å². The maximum atomic E-state index is 12.1. The first-order valence-electron chi connectivity index (χ1n) is 7.15. The average Bonchev–Trinajstić information content (AvgIpc) is 3.11. The highest BCUT2D eigenvalue weighted by atomic mass is 16.2. The number of carbonyl (C=O) groups excluding carboxylic acids is 1. The summed E-state index contributed by atoms with van der Waals surface area (Å²) in [5.74, 6) is -0.309. The number of rotatable bonds is 5. The third kappa shape index (κ3) is 3.47. The number of hydrazine groups is 1. The predicted octanol–water partition coefficient (Wildman–Crippen LogP) is 2.98. The monoisotopic (exact) mass is 304 g/mol. The highest BCUT2D eigenvalue weighted by Gasteiger charge is 2.11. The van der Waals surface area contributed by atoms with E-state index >= 15 is 0 Å². The maximum absolute atomic E-state index is 12.1. The fourth-order valence-corrected chi connectivity index (χ4v) is 2.11. The molecular weight excluding hydrogens is 288 g/mol. The summed E-state index contributed by atoms with van der Waals surface area (Å²) in [6.07, 6.45) is 0. The lowest BCUT2D eigenvalue weighted by atomic mass is 10.1. The van der Waals surface area contributed by atoms with Gasteiger partial charge in [0.05, 0.1) is 11.4 Å². The van der Waals surface area contributed by atoms with Gasteiger partial charge in [-0.2, -0.15) is 5.10 Å². The molecule has 0 radical (unpaired) electrons. The minimum absolute atomic E-state index is 0.309. The van der Waals surface area contributed by atoms with Crippen LogP contribution in [-0.4, -0.2) is 16.1 Å². The first kappa shape index (κ1) is 14.6. The van der Waals surface area contributed by atoms with E-state index in [1.807, 2.05) is 60.7 Å². The van der Waals surface area contributed by atoms with E-state index in [-0.39, 0.29) is 5.91 Å². The van der Waals surface area contributed by atoms with Gasteiger partial charge in [0.15, 0.2) is 0 Å². The summed E-state index contributed by atoms with van der Waals surface area (Å²) in [4.78, 5) is 12.1. The van der Waals surface area contributed by atoms with Crippen LogP contribution in [0.3, 0.4) is 0 Å². The summed E-state index contributed by atoms with van der Waals surface area (Å²) in [6.45, 7) is 3.89. The van der Waals surface area contributed by atoms with E-state index in [9.17, 15) is 4.79 Å². The molecule has 0 atom stereocenters. The summed E-state index contributed by atoms with van der Waals surface area (Å²) in [5.41, 5.74) is 8.97. The van der Waals surface area contributed by atoms with Crippen molar-refractivity contribution in [1.82, 2.24) is 21.0 Å². The van der Waals surface area contributed by atoms with Gasteiger partial charge in [-0.05, 0) is 11.6 Å². The first-order valence-corrected chi connectivity index (χ1v) is 7.15. The van der Waals surface area contributed by atoms with Gasteiger partial charge < -0.3 is 0 Å². The van der Waals surface area contributed by atoms with Gasteiger partial charge in [0, 0.05) is 5.56 Å². The second-order valence-electron chi connectivity index (χ2n) is 4.96. The quantitative estimate of drug-likeness (QED) is 0.635. The number of nitrogens with zero attached hydrogens (tertiary/aromatic N) is 1. The lowest BCUT2D eigenvalue weighted by Gasteiger charge is -2.10. The number of hydrogen-bond acceptors (Lipinski definition) is 3. The number of H-pyrrole nitrogens is 1. The number of hydrogen-bond donors (Lipinski definition) is 3. The van der Waals surface area contributed by atoms with Gasteiger partial charge in [-0.25, -0.2) is 0 Å². The third-order valence-electron chi connectivity index (χ3n) is 3.34. The fraction of sp³-hybridized carbons (Fsp3) is 0. The van der Waals surface area contributed by atoms with Crippen LogP contribution in [0.5, 0.6) is 0 Å². The molecule has 0 saturated heterocycles. The Balaban J connectivity index is 1.63. The minimum Gasteiger partial charge on any atom is -0.298 e. The van der Waals surface area contributed by atoms with Crippen LogP contribution in [0.2, 0.25) is 0 Å². The lowest BCUT2D eigenvalue weighted by molar-refractivity contribution is 0.0937. The van der Waals surface area contributed by atoms with Crippen LogP contribution >= 0.6 is 0 Å². The molecule has 2 aromatic carbocycles. The van der Waals surface area contributed by atoms with Crippen LogP contribution in [0.15, 0.2) is 73.3 Å². The van der Waals surface area contributed by atoms with E-state index in [1.54, 1.807) is 6.07 Å². The Hall–Kier alpha value is -3.34. The standard InChI is InChI=1S/C18H16N4O/c1-13(14-8-4-2-5-9-14)19-22-18(23)17-12-16(20-21-17)15-10-6-3-7-11-15/h2-12,19H,1H2,(H,20,21)(H,22,23). The Morgan fingerprint density at radius 2 is 1.61 bits per heavy atom. The topological polar surface area (TPSA) is 69.8 Å². The molecule has 1 heterocycles. The van der Waals surface area contributed by atoms with Crippen LogP contribution in [0, 0.1) is 0 Å². The molecule has 23 heavy (non-hydrogen) atoms. The van der Waals surface area contributed by atoms with Gasteiger partial charge >= 0.3 is 0 Å². The van der Waals surface area contributed by atoms with E-state index in [0.29, 0.717) is 11.4 Å². The number of nitrogens with one attached hydrogen (secondary N) is 3. The zero-order valence-electron chi connectivity index (χ0n) is 12.4. The van der Waals surface area contributed by atoms with E-state index in [0.717, 1.165) is 16.8 Å². The molecule has 0 aliphatic rings. The Kier molecular flexibility index (Phi) is 4.20. The van der Waals surface area contributed by atoms with Gasteiger partial charge in [-0.1, -0.05) is 67.2 Å². The predicted molar refractivity (Wildman–Crippen MR) is 90.1 cm³/mol. The molecule has 114 valence electrons. The second-order valence-corrected chi connectivity index (χ2v) is 4.96. The number of carbonyl (C=O) groups is 1. The van der Waals surface area contributed by atoms with Crippen molar-refractivity contribution in [2.75, 3.05) is 0 Å². The highest BCUT2D eigenvalue weighted by Crippen LogP contribution is 2.16. The summed E-state index contributed by atoms with van der Waals surface area (Å²) in [5, 5.41) is 6.89. The van der Waals surface area contributed by atoms with E-state index in [4.69, 9.17) is 0 Å². The molecule has 0 bridgehead atoms. The van der Waals surface area contributed by atoms with Crippen molar-refractivity contribution < 1.29 is 4.79 Å². The van der Waals surface area contributed by atoms with Crippen molar-refractivity contribution in [1.29, 1.82) is 0 Å². The van der Waals surface area contributed by atoms with Gasteiger partial charge in [0.2, 0.25) is 0 Å². The zero-order chi connectivity index (χ0) is 16.1. The average molecular weight is 304 g/mol. The Labute approximate surface area is 134 Å². The molecule has 3 rings (SSSR count). The Morgan fingerprint density at radius 1 is 0.957 bits per heavy atom. The molecule has 0 saturated carbocycles. The first-order chi connectivity index (χ1) is 11.2. The molecule has 0 fully saturated rings. The van der Waals surface area contributed by atoms with Crippen LogP contribution in [-0.2, 0) is 0 Å². The zero-order valence-corrected chi connectivity index (χ0v) is 12.4. The molecule has 5 nitrogen and oxygen atoms in total. The highest BCUT2D eigenvalue weighted by molar-refractivity contribution is 5.93. The molecular formula is C18H16N4O. The molecule has 0 unspecified atom stereocenters. The number of aromatic amines is 1. The van der Waals surface area contributed by atoms with Crippen LogP contribution in [0.25, 0.3) is 17.0 Å². The molecule has 0 aliphatic carbocycles. The van der Waals surface area contributed by atoms with E-state index in [1.165, 1.54) is 0 Å². The third-order valence-corrected chi connectivity index (χ3v) is 3.34. The van der Waals surface area contributed by atoms with Crippen molar-refractivity contribution in [3.8, 4) is 11.3 Å². The normalized spacial score (nSPS) is 10.1. The number of benzene rings is 2. The van der Waals surface area contributed by atoms with Crippen molar-refractivity contribution >= 4 is 11.6 Å². The number of aromatic nitrogens is 2. The van der Waals surface area contributed by atoms with Gasteiger partial charge in [0.1, 0.15) is 5.69 Å². The van der Waals surface area contributed by atoms with Crippen molar-refractivity contribution in [3.63, 3.8) is 0 Å². The molecule has 5 heteroatoms. The molecule has 1 amide bonds. The SMILES string of the molecule is C=C(NNC(=O)c1cc(-c2ccccc2)n[nH]1)c1ccccc1. The largest absolute Gasteiger partial charge is 0.298 e. The second kappa shape index (κ2) is 6.62. The number of amides is 1. The maximum Gasteiger partial charge on any atom is 0.287 e. The lowest BCUT2D eigenvalue weighted by Crippen LogP contribution is -2.36. The smallest absolute Gasteiger partial charge is 0.287 e. The molecule has 3 N–H and O–H groups in total. The van der Waals surface area contributed by atoms with Gasteiger partial charge in [0.25, 0.3) is 5.91 Å². The van der Waals surface area contributed by atoms with Gasteiger partial charge in [-0.15, -0.1) is 0 Å². The molecule has 0 spiro atoms. The van der Waals surface area contributed by atoms with Crippen molar-refractivity contribution in [2.24, 2.45) is 0 Å². The summed E-state index contributed by atoms with van der Waals surface area (Å²) in [7, 11) is 0. The Morgan fingerprint density at radius 3 is 2.30 bits per heavy atom. The minimum atomic E-state index is -0.309. The van der Waals surface area contributed by atoms with Crippen LogP contribution in [0.1, 0.15) is 16.1 Å². The van der Waals surface area contributed by atoms with Crippen LogP contribution < -0.4 is 10.9 Å². The molecule has 3 aromatic rings. The summed E-state index contributed by atoms with van der Waals surface area (Å²) >= 11 is 0. The molecule has 1 aromatic heterocycles. The van der Waals surface area contributed by atoms with Crippen molar-refractivity contribution in [3.05, 3.63) is 84.6 Å². The van der Waals surface area contributed by atoms with E-state index < -0.39 is 0 Å². The molecule has 0 aliphatic heterocycles. The Bertz CT molecular complexity index is 809. The fourth-order valence-electron chi connectivity index (χ4n) is 2.11. The van der Waals surface area contributed by atoms with Gasteiger partial charge in [-0.3, -0.25) is 20.7 Å². The summed E-state index contributed by atoms with van der Waals surface area (Å²) < 4.78 is 0. The summed E-state index contributed by atoms with van der Waals surface area (Å²) in [6, 6.07) is 20.9. The van der Waals surface area contributed by atoms with Crippen LogP contribution in [0.4, 0.5) is 0 Å².